The Morgan fingerprint density at radius 1 is 1.00 bits per heavy atom. The monoisotopic (exact) mass is 595 g/mol. The molecular formula is C34H41N7O3. The van der Waals surface area contributed by atoms with E-state index in [1.54, 1.807) is 25.5 Å². The highest BCUT2D eigenvalue weighted by molar-refractivity contribution is 6.04. The number of piperazine rings is 1. The number of aliphatic hydroxyl groups excluding tert-OH is 1. The molecule has 10 nitrogen and oxygen atoms in total. The average Bonchev–Trinajstić information content (AvgIpc) is 3.01. The van der Waals surface area contributed by atoms with Gasteiger partial charge in [0.2, 0.25) is 0 Å². The summed E-state index contributed by atoms with van der Waals surface area (Å²) in [5.41, 5.74) is 5.83. The molecule has 4 aromatic rings. The van der Waals surface area contributed by atoms with Gasteiger partial charge in [-0.2, -0.15) is 0 Å². The molecule has 0 unspecified atom stereocenters. The molecule has 0 spiro atoms. The van der Waals surface area contributed by atoms with E-state index < -0.39 is 0 Å². The third-order valence-electron chi connectivity index (χ3n) is 8.01. The summed E-state index contributed by atoms with van der Waals surface area (Å²) in [7, 11) is 1.70. The average molecular weight is 596 g/mol. The van der Waals surface area contributed by atoms with Crippen LogP contribution in [0.2, 0.25) is 0 Å². The van der Waals surface area contributed by atoms with Crippen LogP contribution >= 0.6 is 0 Å². The maximum atomic E-state index is 13.1. The van der Waals surface area contributed by atoms with Gasteiger partial charge < -0.3 is 25.2 Å². The summed E-state index contributed by atoms with van der Waals surface area (Å²) >= 11 is 0. The molecule has 1 fully saturated rings. The highest BCUT2D eigenvalue weighted by Gasteiger charge is 2.19. The van der Waals surface area contributed by atoms with Crippen molar-refractivity contribution in [3.63, 3.8) is 0 Å². The van der Waals surface area contributed by atoms with E-state index >= 15 is 0 Å². The van der Waals surface area contributed by atoms with Crippen molar-refractivity contribution in [2.45, 2.75) is 33.1 Å². The molecule has 0 atom stereocenters. The predicted octanol–water partition coefficient (Wildman–Crippen LogP) is 4.56. The number of amides is 1. The lowest BCUT2D eigenvalue weighted by molar-refractivity contribution is 0.102. The summed E-state index contributed by atoms with van der Waals surface area (Å²) in [6.45, 7) is 12.7. The van der Waals surface area contributed by atoms with E-state index in [2.05, 4.69) is 46.2 Å². The number of aryl methyl sites for hydroxylation is 1. The molecule has 230 valence electrons. The number of hydrogen-bond donors (Lipinski definition) is 3. The van der Waals surface area contributed by atoms with E-state index in [9.17, 15) is 14.7 Å². The first-order chi connectivity index (χ1) is 21.0. The Bertz CT molecular complexity index is 1670. The molecule has 1 saturated heterocycles. The fourth-order valence-corrected chi connectivity index (χ4v) is 5.30. The number of nitrogens with zero attached hydrogens (tertiary/aromatic N) is 5. The molecule has 1 aliphatic rings. The van der Waals surface area contributed by atoms with Crippen molar-refractivity contribution < 1.29 is 9.90 Å². The number of nitrogens with one attached hydrogen (secondary N) is 2. The molecule has 3 heterocycles. The van der Waals surface area contributed by atoms with Crippen molar-refractivity contribution in [1.29, 1.82) is 0 Å². The van der Waals surface area contributed by atoms with Gasteiger partial charge in [-0.05, 0) is 55.0 Å². The van der Waals surface area contributed by atoms with Crippen molar-refractivity contribution >= 4 is 28.8 Å². The highest BCUT2D eigenvalue weighted by atomic mass is 16.3. The number of benzene rings is 2. The summed E-state index contributed by atoms with van der Waals surface area (Å²) in [4.78, 5) is 39.9. The van der Waals surface area contributed by atoms with E-state index in [0.29, 0.717) is 23.5 Å². The van der Waals surface area contributed by atoms with E-state index in [1.807, 2.05) is 55.5 Å². The Morgan fingerprint density at radius 3 is 2.36 bits per heavy atom. The maximum absolute atomic E-state index is 13.1. The SMILES string of the molecule is Cc1c(NC(=O)c2ccc(C(C)(C)C)nc2)cccc1-c1cn(C)c(=O)c(Nc2ccc(N3CCN(CCO)CC3)cc2)n1. The number of aromatic nitrogens is 3. The largest absolute Gasteiger partial charge is 0.395 e. The third-order valence-corrected chi connectivity index (χ3v) is 8.01. The summed E-state index contributed by atoms with van der Waals surface area (Å²) in [5.74, 6) is -0.0290. The zero-order chi connectivity index (χ0) is 31.4. The second-order valence-electron chi connectivity index (χ2n) is 12.2. The molecular weight excluding hydrogens is 554 g/mol. The van der Waals surface area contributed by atoms with E-state index in [1.165, 1.54) is 4.57 Å². The topological polar surface area (TPSA) is 116 Å². The number of hydrogen-bond acceptors (Lipinski definition) is 8. The summed E-state index contributed by atoms with van der Waals surface area (Å²) < 4.78 is 1.51. The van der Waals surface area contributed by atoms with Crippen LogP contribution in [-0.4, -0.2) is 69.8 Å². The Hall–Kier alpha value is -4.54. The highest BCUT2D eigenvalue weighted by Crippen LogP contribution is 2.29. The van der Waals surface area contributed by atoms with Crippen LogP contribution in [0.3, 0.4) is 0 Å². The van der Waals surface area contributed by atoms with Gasteiger partial charge in [-0.3, -0.25) is 19.5 Å². The summed E-state index contributed by atoms with van der Waals surface area (Å²) in [5, 5.41) is 15.4. The molecule has 2 aromatic carbocycles. The number of carbonyl (C=O) groups excluding carboxylic acids is 1. The number of rotatable bonds is 8. The smallest absolute Gasteiger partial charge is 0.293 e. The van der Waals surface area contributed by atoms with Crippen LogP contribution in [0.25, 0.3) is 11.3 Å². The van der Waals surface area contributed by atoms with Gasteiger partial charge in [0.1, 0.15) is 0 Å². The molecule has 0 radical (unpaired) electrons. The normalized spacial score (nSPS) is 14.0. The zero-order valence-electron chi connectivity index (χ0n) is 26.1. The van der Waals surface area contributed by atoms with E-state index in [0.717, 1.165) is 54.4 Å². The quantitative estimate of drug-likeness (QED) is 0.272. The first kappa shape index (κ1) is 30.9. The molecule has 2 aromatic heterocycles. The van der Waals surface area contributed by atoms with Gasteiger partial charge in [-0.25, -0.2) is 4.98 Å². The lowest BCUT2D eigenvalue weighted by atomic mass is 9.91. The minimum atomic E-state index is -0.246. The molecule has 1 amide bonds. The van der Waals surface area contributed by atoms with Crippen molar-refractivity contribution in [3.05, 3.63) is 94.2 Å². The van der Waals surface area contributed by atoms with Crippen LogP contribution in [0, 0.1) is 6.92 Å². The first-order valence-electron chi connectivity index (χ1n) is 14.9. The van der Waals surface area contributed by atoms with Crippen LogP contribution in [0.1, 0.15) is 42.4 Å². The fraction of sp³-hybridized carbons (Fsp3) is 0.353. The van der Waals surface area contributed by atoms with Crippen molar-refractivity contribution in [2.24, 2.45) is 7.05 Å². The van der Waals surface area contributed by atoms with Crippen LogP contribution in [0.15, 0.2) is 71.8 Å². The molecule has 0 saturated carbocycles. The molecule has 44 heavy (non-hydrogen) atoms. The Kier molecular flexibility index (Phi) is 9.12. The van der Waals surface area contributed by atoms with Gasteiger partial charge in [0.25, 0.3) is 11.5 Å². The summed E-state index contributed by atoms with van der Waals surface area (Å²) in [6.07, 6.45) is 3.31. The summed E-state index contributed by atoms with van der Waals surface area (Å²) in [6, 6.07) is 17.3. The van der Waals surface area contributed by atoms with Gasteiger partial charge in [0.05, 0.1) is 17.9 Å². The van der Waals surface area contributed by atoms with Crippen molar-refractivity contribution in [2.75, 3.05) is 54.9 Å². The molecule has 1 aliphatic heterocycles. The van der Waals surface area contributed by atoms with Crippen LogP contribution < -0.4 is 21.1 Å². The Morgan fingerprint density at radius 2 is 1.73 bits per heavy atom. The maximum Gasteiger partial charge on any atom is 0.293 e. The van der Waals surface area contributed by atoms with E-state index in [-0.39, 0.29) is 29.3 Å². The number of anilines is 4. The second-order valence-corrected chi connectivity index (χ2v) is 12.2. The molecule has 5 rings (SSSR count). The Balaban J connectivity index is 1.32. The second kappa shape index (κ2) is 13.0. The standard InChI is InChI=1S/C34H41N7O3/c1-23-27(7-6-8-28(23)38-32(43)24-9-14-30(35-21-24)34(2,3)4)29-22-39(5)33(44)31(37-29)36-25-10-12-26(13-11-25)41-17-15-40(16-18-41)19-20-42/h6-14,21-22,42H,15-20H2,1-5H3,(H,36,37)(H,38,43). The van der Waals surface area contributed by atoms with Crippen LogP contribution in [-0.2, 0) is 12.5 Å². The molecule has 0 aliphatic carbocycles. The molecule has 3 N–H and O–H groups in total. The van der Waals surface area contributed by atoms with Crippen molar-refractivity contribution in [1.82, 2.24) is 19.4 Å². The van der Waals surface area contributed by atoms with Gasteiger partial charge in [0.15, 0.2) is 5.82 Å². The predicted molar refractivity (Wildman–Crippen MR) is 176 cm³/mol. The fourth-order valence-electron chi connectivity index (χ4n) is 5.30. The first-order valence-corrected chi connectivity index (χ1v) is 14.9. The van der Waals surface area contributed by atoms with Gasteiger partial charge in [-0.15, -0.1) is 0 Å². The van der Waals surface area contributed by atoms with Crippen LogP contribution in [0.5, 0.6) is 0 Å². The molecule has 10 heteroatoms. The number of aliphatic hydroxyl groups is 1. The Labute approximate surface area is 258 Å². The van der Waals surface area contributed by atoms with Gasteiger partial charge >= 0.3 is 0 Å². The lowest BCUT2D eigenvalue weighted by Gasteiger charge is -2.35. The minimum Gasteiger partial charge on any atom is -0.395 e. The molecule has 0 bridgehead atoms. The number of carbonyl (C=O) groups is 1. The minimum absolute atomic E-state index is 0.0999. The lowest BCUT2D eigenvalue weighted by Crippen LogP contribution is -2.47. The third kappa shape index (κ3) is 6.98. The number of β-amino-alcohol motifs (C(OH)–C–C–N with tert-alkyl or cyclic N) is 1. The zero-order valence-corrected chi connectivity index (χ0v) is 26.1. The van der Waals surface area contributed by atoms with Gasteiger partial charge in [-0.1, -0.05) is 32.9 Å². The number of pyridine rings is 1. The van der Waals surface area contributed by atoms with Crippen molar-refractivity contribution in [3.8, 4) is 11.3 Å². The van der Waals surface area contributed by atoms with E-state index in [4.69, 9.17) is 4.98 Å². The van der Waals surface area contributed by atoms with Crippen LogP contribution in [0.4, 0.5) is 22.9 Å². The van der Waals surface area contributed by atoms with Gasteiger partial charge in [0, 0.05) is 85.9 Å².